The summed E-state index contributed by atoms with van der Waals surface area (Å²) in [5, 5.41) is 8.99. The van der Waals surface area contributed by atoms with Gasteiger partial charge in [-0.15, -0.1) is 0 Å². The average molecular weight is 663 g/mol. The first-order valence-corrected chi connectivity index (χ1v) is 17.6. The molecule has 0 aromatic heterocycles. The number of sulfonamides is 1. The summed E-state index contributed by atoms with van der Waals surface area (Å²) < 4.78 is 67.7. The second-order valence-corrected chi connectivity index (χ2v) is 14.8. The summed E-state index contributed by atoms with van der Waals surface area (Å²) in [4.78, 5) is 26.8. The zero-order valence-electron chi connectivity index (χ0n) is 26.5. The van der Waals surface area contributed by atoms with Crippen molar-refractivity contribution in [3.63, 3.8) is 0 Å². The second-order valence-electron chi connectivity index (χ2n) is 12.8. The molecule has 0 spiro atoms. The molecule has 2 aromatic rings. The number of alkyl carbamates (subject to hydrolysis) is 1. The number of ether oxygens (including phenoxy) is 2. The van der Waals surface area contributed by atoms with Crippen LogP contribution >= 0.6 is 0 Å². The van der Waals surface area contributed by atoms with Gasteiger partial charge >= 0.3 is 6.09 Å². The number of methoxy groups -OCH3 is 1. The Balaban J connectivity index is 1.42. The predicted molar refractivity (Wildman–Crippen MR) is 170 cm³/mol. The number of fused-ring (bicyclic) bond motifs is 2. The standard InChI is InChI=1S/C33H44F2N4O6S/c1-20-16-23(17-21(2)45-20)30(22-9-11-24(34)12-10-22)31(38-33(41)44-3)32(40)37-29-8-4-7-28(35)27(29)14-13-26-18-36-25-6-5-15-46(42,43)39(26)19-25/h4,7-12,20-21,23,25-26,30-31,36H,5-6,13-19H2,1-3H3,(H,37,40)(H,38,41)/t20-,21+,23?,25-,26+,30+,31+/m1/s1. The molecule has 3 heterocycles. The van der Waals surface area contributed by atoms with E-state index in [0.717, 1.165) is 6.42 Å². The van der Waals surface area contributed by atoms with Gasteiger partial charge in [-0.1, -0.05) is 18.2 Å². The molecule has 2 aromatic carbocycles. The number of piperazine rings is 1. The van der Waals surface area contributed by atoms with E-state index >= 15 is 4.39 Å². The lowest BCUT2D eigenvalue weighted by atomic mass is 9.74. The number of nitrogens with zero attached hydrogens (tertiary/aromatic N) is 1. The number of hydrogen-bond acceptors (Lipinski definition) is 7. The minimum Gasteiger partial charge on any atom is -0.453 e. The normalized spacial score (nSPS) is 28.7. The molecule has 0 saturated carbocycles. The number of anilines is 1. The lowest BCUT2D eigenvalue weighted by molar-refractivity contribution is -0.120. The van der Waals surface area contributed by atoms with Crippen LogP contribution in [0.4, 0.5) is 19.3 Å². The fraction of sp³-hybridized carbons (Fsp3) is 0.576. The van der Waals surface area contributed by atoms with Crippen molar-refractivity contribution in [2.24, 2.45) is 5.92 Å². The highest BCUT2D eigenvalue weighted by Crippen LogP contribution is 2.39. The number of halogens is 2. The van der Waals surface area contributed by atoms with Gasteiger partial charge in [0.2, 0.25) is 15.9 Å². The molecule has 3 saturated heterocycles. The van der Waals surface area contributed by atoms with E-state index < -0.39 is 45.6 Å². The van der Waals surface area contributed by atoms with Crippen LogP contribution in [0.15, 0.2) is 42.5 Å². The summed E-state index contributed by atoms with van der Waals surface area (Å²) in [6.07, 6.45) is 2.08. The Bertz CT molecular complexity index is 1480. The number of rotatable bonds is 9. The molecule has 10 nitrogen and oxygen atoms in total. The summed E-state index contributed by atoms with van der Waals surface area (Å²) in [7, 11) is -2.22. The monoisotopic (exact) mass is 662 g/mol. The lowest BCUT2D eigenvalue weighted by Gasteiger charge is -2.40. The molecule has 8 atom stereocenters. The Hall–Kier alpha value is -3.13. The minimum atomic E-state index is -3.42. The van der Waals surface area contributed by atoms with E-state index in [2.05, 4.69) is 16.0 Å². The molecule has 46 heavy (non-hydrogen) atoms. The molecule has 3 N–H and O–H groups in total. The van der Waals surface area contributed by atoms with Gasteiger partial charge in [-0.2, -0.15) is 4.31 Å². The quantitative estimate of drug-likeness (QED) is 0.366. The molecule has 0 aliphatic carbocycles. The smallest absolute Gasteiger partial charge is 0.407 e. The lowest BCUT2D eigenvalue weighted by Crippen LogP contribution is -2.57. The molecule has 2 unspecified atom stereocenters. The number of amides is 2. The summed E-state index contributed by atoms with van der Waals surface area (Å²) in [6, 6.07) is 8.84. The summed E-state index contributed by atoms with van der Waals surface area (Å²) in [6.45, 7) is 4.76. The Morgan fingerprint density at radius 1 is 1.11 bits per heavy atom. The Kier molecular flexibility index (Phi) is 11.0. The third-order valence-electron chi connectivity index (χ3n) is 9.46. The van der Waals surface area contributed by atoms with Crippen molar-refractivity contribution in [3.8, 4) is 0 Å². The van der Waals surface area contributed by atoms with Crippen LogP contribution in [0.2, 0.25) is 0 Å². The van der Waals surface area contributed by atoms with Crippen molar-refractivity contribution in [2.45, 2.75) is 88.6 Å². The fourth-order valence-corrected chi connectivity index (χ4v) is 9.18. The maximum absolute atomic E-state index is 15.4. The van der Waals surface area contributed by atoms with E-state index in [1.165, 1.54) is 31.4 Å². The van der Waals surface area contributed by atoms with Gasteiger partial charge in [0.15, 0.2) is 0 Å². The van der Waals surface area contributed by atoms with Gasteiger partial charge in [0.05, 0.1) is 25.1 Å². The SMILES string of the molecule is COC(=O)N[C@H](C(=O)Nc1cccc(F)c1CC[C@H]1CN[C@@H]2CCCS(=O)(=O)N1C2)[C@@H](c1ccc(F)cc1)C1C[C@@H](C)O[C@@H](C)C1. The molecule has 2 bridgehead atoms. The molecule has 13 heteroatoms. The molecule has 3 fully saturated rings. The van der Waals surface area contributed by atoms with Crippen LogP contribution in [0, 0.1) is 17.6 Å². The maximum Gasteiger partial charge on any atom is 0.407 e. The number of carbonyl (C=O) groups is 2. The van der Waals surface area contributed by atoms with Gasteiger partial charge < -0.3 is 25.4 Å². The van der Waals surface area contributed by atoms with Crippen molar-refractivity contribution >= 4 is 27.7 Å². The molecule has 3 aliphatic rings. The highest BCUT2D eigenvalue weighted by atomic mass is 32.2. The summed E-state index contributed by atoms with van der Waals surface area (Å²) in [5.41, 5.74) is 1.13. The van der Waals surface area contributed by atoms with Crippen molar-refractivity contribution in [2.75, 3.05) is 31.3 Å². The second kappa shape index (κ2) is 14.7. The molecule has 2 amide bonds. The zero-order chi connectivity index (χ0) is 33.0. The Morgan fingerprint density at radius 2 is 1.83 bits per heavy atom. The number of hydrogen-bond donors (Lipinski definition) is 3. The van der Waals surface area contributed by atoms with Gasteiger partial charge in [-0.05, 0) is 88.1 Å². The van der Waals surface area contributed by atoms with Gasteiger partial charge in [0.25, 0.3) is 0 Å². The largest absolute Gasteiger partial charge is 0.453 e. The zero-order valence-corrected chi connectivity index (χ0v) is 27.3. The predicted octanol–water partition coefficient (Wildman–Crippen LogP) is 4.31. The van der Waals surface area contributed by atoms with E-state index in [1.54, 1.807) is 22.5 Å². The van der Waals surface area contributed by atoms with Crippen molar-refractivity contribution in [1.82, 2.24) is 14.9 Å². The molecule has 3 aliphatic heterocycles. The first-order valence-electron chi connectivity index (χ1n) is 16.0. The number of benzene rings is 2. The highest BCUT2D eigenvalue weighted by Gasteiger charge is 2.41. The topological polar surface area (TPSA) is 126 Å². The van der Waals surface area contributed by atoms with E-state index in [9.17, 15) is 22.4 Å². The summed E-state index contributed by atoms with van der Waals surface area (Å²) >= 11 is 0. The Labute approximate surface area is 269 Å². The summed E-state index contributed by atoms with van der Waals surface area (Å²) in [5.74, 6) is -2.16. The van der Waals surface area contributed by atoms with Crippen molar-refractivity contribution < 1.29 is 36.3 Å². The van der Waals surface area contributed by atoms with Gasteiger partial charge in [-0.25, -0.2) is 22.0 Å². The number of nitrogens with one attached hydrogen (secondary N) is 3. The van der Waals surface area contributed by atoms with E-state index in [0.29, 0.717) is 44.3 Å². The average Bonchev–Trinajstić information content (AvgIpc) is 3.12. The first kappa shape index (κ1) is 34.2. The first-order chi connectivity index (χ1) is 21.9. The maximum atomic E-state index is 15.4. The third-order valence-corrected chi connectivity index (χ3v) is 11.4. The highest BCUT2D eigenvalue weighted by molar-refractivity contribution is 7.89. The van der Waals surface area contributed by atoms with E-state index in [1.807, 2.05) is 13.8 Å². The minimum absolute atomic E-state index is 0.0944. The van der Waals surface area contributed by atoms with Crippen LogP contribution in [-0.4, -0.2) is 81.0 Å². The molecule has 5 rings (SSSR count). The van der Waals surface area contributed by atoms with Crippen LogP contribution < -0.4 is 16.0 Å². The third kappa shape index (κ3) is 8.04. The van der Waals surface area contributed by atoms with Crippen LogP contribution in [0.3, 0.4) is 0 Å². The van der Waals surface area contributed by atoms with Gasteiger partial charge in [-0.3, -0.25) is 4.79 Å². The van der Waals surface area contributed by atoms with Gasteiger partial charge in [0.1, 0.15) is 17.7 Å². The molecular weight excluding hydrogens is 618 g/mol. The van der Waals surface area contributed by atoms with Crippen molar-refractivity contribution in [1.29, 1.82) is 0 Å². The number of carbonyl (C=O) groups excluding carboxylic acids is 2. The van der Waals surface area contributed by atoms with E-state index in [-0.39, 0.29) is 53.6 Å². The fourth-order valence-electron chi connectivity index (χ4n) is 7.37. The van der Waals surface area contributed by atoms with E-state index in [4.69, 9.17) is 9.47 Å². The van der Waals surface area contributed by atoms with Crippen LogP contribution in [0.25, 0.3) is 0 Å². The van der Waals surface area contributed by atoms with Gasteiger partial charge in [0, 0.05) is 42.3 Å². The van der Waals surface area contributed by atoms with Crippen LogP contribution in [0.1, 0.15) is 63.0 Å². The molecular formula is C33H44F2N4O6S. The molecule has 0 radical (unpaired) electrons. The Morgan fingerprint density at radius 3 is 2.52 bits per heavy atom. The van der Waals surface area contributed by atoms with Crippen LogP contribution in [0.5, 0.6) is 0 Å². The van der Waals surface area contributed by atoms with Crippen molar-refractivity contribution in [3.05, 3.63) is 65.2 Å². The molecule has 252 valence electrons. The van der Waals surface area contributed by atoms with Crippen LogP contribution in [-0.2, 0) is 30.7 Å².